The minimum absolute atomic E-state index is 0.0582. The van der Waals surface area contributed by atoms with Crippen molar-refractivity contribution in [1.82, 2.24) is 14.9 Å². The Kier molecular flexibility index (Phi) is 8.19. The van der Waals surface area contributed by atoms with Crippen LogP contribution >= 0.6 is 11.8 Å². The van der Waals surface area contributed by atoms with Crippen LogP contribution in [0, 0.1) is 0 Å². The first kappa shape index (κ1) is 23.0. The summed E-state index contributed by atoms with van der Waals surface area (Å²) in [6, 6.07) is 5.34. The van der Waals surface area contributed by atoms with Crippen molar-refractivity contribution in [2.75, 3.05) is 25.3 Å². The van der Waals surface area contributed by atoms with Crippen molar-refractivity contribution in [2.24, 2.45) is 0 Å². The molecule has 1 fully saturated rings. The number of hydrogen-bond donors (Lipinski definition) is 3. The number of methoxy groups -OCH3 is 2. The third kappa shape index (κ3) is 6.14. The van der Waals surface area contributed by atoms with Crippen molar-refractivity contribution in [2.45, 2.75) is 50.0 Å². The zero-order valence-corrected chi connectivity index (χ0v) is 18.5. The molecular formula is C21H28N4O5S. The van der Waals surface area contributed by atoms with Gasteiger partial charge >= 0.3 is 0 Å². The fourth-order valence-corrected chi connectivity index (χ4v) is 4.30. The number of carbonyl (C=O) groups is 2. The van der Waals surface area contributed by atoms with Gasteiger partial charge in [0, 0.05) is 12.1 Å². The smallest absolute Gasteiger partial charge is 0.240 e. The van der Waals surface area contributed by atoms with Gasteiger partial charge in [-0.3, -0.25) is 9.59 Å². The van der Waals surface area contributed by atoms with Gasteiger partial charge in [-0.25, -0.2) is 4.98 Å². The van der Waals surface area contributed by atoms with Crippen molar-refractivity contribution in [3.05, 3.63) is 30.1 Å². The number of aliphatic hydroxyl groups excluding tert-OH is 1. The minimum atomic E-state index is -0.246. The number of thioether (sulfide) groups is 1. The summed E-state index contributed by atoms with van der Waals surface area (Å²) < 4.78 is 12.1. The van der Waals surface area contributed by atoms with Crippen LogP contribution in [-0.4, -0.2) is 52.5 Å². The van der Waals surface area contributed by atoms with Crippen molar-refractivity contribution in [1.29, 1.82) is 0 Å². The molecule has 168 valence electrons. The number of ether oxygens (including phenoxy) is 2. The van der Waals surface area contributed by atoms with Crippen molar-refractivity contribution < 1.29 is 24.2 Å². The number of aliphatic hydroxyl groups is 1. The Hall–Kier alpha value is -2.72. The molecule has 3 rings (SSSR count). The lowest BCUT2D eigenvalue weighted by atomic mass is 10.2. The van der Waals surface area contributed by atoms with Crippen LogP contribution in [0.3, 0.4) is 0 Å². The molecular weight excluding hydrogens is 420 g/mol. The number of benzene rings is 1. The number of hydrogen-bond acceptors (Lipinski definition) is 7. The van der Waals surface area contributed by atoms with Crippen LogP contribution in [0.1, 0.15) is 31.4 Å². The summed E-state index contributed by atoms with van der Waals surface area (Å²) in [5.74, 6) is 0.836. The lowest BCUT2D eigenvalue weighted by molar-refractivity contribution is -0.122. The fourth-order valence-electron chi connectivity index (χ4n) is 3.51. The number of anilines is 1. The molecule has 31 heavy (non-hydrogen) atoms. The van der Waals surface area contributed by atoms with Gasteiger partial charge in [-0.2, -0.15) is 0 Å². The number of rotatable bonds is 10. The Morgan fingerprint density at radius 2 is 2.00 bits per heavy atom. The molecule has 0 atom stereocenters. The zero-order valence-electron chi connectivity index (χ0n) is 17.7. The number of nitrogens with zero attached hydrogens (tertiary/aromatic N) is 2. The Labute approximate surface area is 185 Å². The molecule has 10 heteroatoms. The molecule has 0 aliphatic heterocycles. The van der Waals surface area contributed by atoms with Crippen LogP contribution in [0.5, 0.6) is 11.5 Å². The zero-order chi connectivity index (χ0) is 22.2. The number of nitrogens with one attached hydrogen (secondary N) is 2. The summed E-state index contributed by atoms with van der Waals surface area (Å²) in [7, 11) is 3.07. The monoisotopic (exact) mass is 448 g/mol. The maximum Gasteiger partial charge on any atom is 0.240 e. The molecule has 9 nitrogen and oxygen atoms in total. The van der Waals surface area contributed by atoms with Crippen LogP contribution in [-0.2, 0) is 22.7 Å². The third-order valence-corrected chi connectivity index (χ3v) is 6.09. The highest BCUT2D eigenvalue weighted by atomic mass is 32.2. The highest BCUT2D eigenvalue weighted by Crippen LogP contribution is 2.29. The molecule has 1 heterocycles. The van der Waals surface area contributed by atoms with Crippen molar-refractivity contribution >= 4 is 29.3 Å². The lowest BCUT2D eigenvalue weighted by Gasteiger charge is -2.15. The Morgan fingerprint density at radius 1 is 1.23 bits per heavy atom. The molecule has 1 aliphatic carbocycles. The van der Waals surface area contributed by atoms with Gasteiger partial charge in [-0.05, 0) is 25.0 Å². The number of aromatic nitrogens is 2. The van der Waals surface area contributed by atoms with E-state index in [-0.39, 0.29) is 36.8 Å². The normalized spacial score (nSPS) is 13.8. The van der Waals surface area contributed by atoms with Gasteiger partial charge in [0.2, 0.25) is 11.8 Å². The molecule has 0 saturated heterocycles. The minimum Gasteiger partial charge on any atom is -0.497 e. The second-order valence-electron chi connectivity index (χ2n) is 7.23. The first-order valence-electron chi connectivity index (χ1n) is 10.1. The summed E-state index contributed by atoms with van der Waals surface area (Å²) in [5, 5.41) is 15.9. The van der Waals surface area contributed by atoms with Crippen LogP contribution in [0.4, 0.5) is 5.69 Å². The van der Waals surface area contributed by atoms with E-state index in [9.17, 15) is 14.7 Å². The molecule has 1 aromatic carbocycles. The first-order valence-corrected chi connectivity index (χ1v) is 11.1. The van der Waals surface area contributed by atoms with E-state index in [1.807, 2.05) is 0 Å². The topological polar surface area (TPSA) is 115 Å². The quantitative estimate of drug-likeness (QED) is 0.477. The number of amides is 2. The third-order valence-electron chi connectivity index (χ3n) is 5.10. The van der Waals surface area contributed by atoms with Crippen LogP contribution in [0.25, 0.3) is 0 Å². The second-order valence-corrected chi connectivity index (χ2v) is 8.17. The summed E-state index contributed by atoms with van der Waals surface area (Å²) in [4.78, 5) is 29.2. The van der Waals surface area contributed by atoms with Gasteiger partial charge in [0.05, 0.1) is 44.2 Å². The summed E-state index contributed by atoms with van der Waals surface area (Å²) >= 11 is 1.20. The number of imidazole rings is 1. The van der Waals surface area contributed by atoms with Gasteiger partial charge in [-0.15, -0.1) is 0 Å². The van der Waals surface area contributed by atoms with Crippen molar-refractivity contribution in [3.63, 3.8) is 0 Å². The Balaban J connectivity index is 1.60. The maximum atomic E-state index is 12.5. The van der Waals surface area contributed by atoms with Gasteiger partial charge in [-0.1, -0.05) is 24.6 Å². The van der Waals surface area contributed by atoms with E-state index in [0.29, 0.717) is 28.0 Å². The summed E-state index contributed by atoms with van der Waals surface area (Å²) in [5.41, 5.74) is 1.06. The highest BCUT2D eigenvalue weighted by Gasteiger charge is 2.20. The lowest BCUT2D eigenvalue weighted by Crippen LogP contribution is -2.35. The summed E-state index contributed by atoms with van der Waals surface area (Å²) in [6.07, 6.45) is 5.79. The van der Waals surface area contributed by atoms with Gasteiger partial charge < -0.3 is 29.8 Å². The van der Waals surface area contributed by atoms with E-state index >= 15 is 0 Å². The molecule has 0 unspecified atom stereocenters. The maximum absolute atomic E-state index is 12.5. The van der Waals surface area contributed by atoms with E-state index < -0.39 is 0 Å². The van der Waals surface area contributed by atoms with E-state index in [1.165, 1.54) is 25.1 Å². The van der Waals surface area contributed by atoms with Gasteiger partial charge in [0.1, 0.15) is 18.0 Å². The van der Waals surface area contributed by atoms with E-state index in [1.54, 1.807) is 29.9 Å². The fraction of sp³-hybridized carbons (Fsp3) is 0.476. The predicted octanol–water partition coefficient (Wildman–Crippen LogP) is 2.18. The molecule has 0 radical (unpaired) electrons. The van der Waals surface area contributed by atoms with Gasteiger partial charge in [0.25, 0.3) is 0 Å². The molecule has 3 N–H and O–H groups in total. The van der Waals surface area contributed by atoms with Crippen LogP contribution in [0.15, 0.2) is 29.6 Å². The van der Waals surface area contributed by atoms with E-state index in [0.717, 1.165) is 25.7 Å². The van der Waals surface area contributed by atoms with E-state index in [2.05, 4.69) is 15.6 Å². The molecule has 1 aliphatic rings. The Morgan fingerprint density at radius 3 is 2.68 bits per heavy atom. The molecule has 0 bridgehead atoms. The standard InChI is InChI=1S/C21H28N4O5S/c1-29-16-7-8-17(18(9-16)30-2)24-20(28)13-31-21-22-10-15(12-26)25(21)11-19(27)23-14-5-3-4-6-14/h7-10,14,26H,3-6,11-13H2,1-2H3,(H,23,27)(H,24,28). The van der Waals surface area contributed by atoms with E-state index in [4.69, 9.17) is 9.47 Å². The molecule has 1 saturated carbocycles. The van der Waals surface area contributed by atoms with Crippen LogP contribution in [0.2, 0.25) is 0 Å². The Bertz CT molecular complexity index is 911. The molecule has 1 aromatic heterocycles. The van der Waals surface area contributed by atoms with Gasteiger partial charge in [0.15, 0.2) is 5.16 Å². The second kappa shape index (κ2) is 11.1. The first-order chi connectivity index (χ1) is 15.0. The predicted molar refractivity (Wildman–Crippen MR) is 117 cm³/mol. The average Bonchev–Trinajstić information content (AvgIpc) is 3.42. The SMILES string of the molecule is COc1ccc(NC(=O)CSc2ncc(CO)n2CC(=O)NC2CCCC2)c(OC)c1. The highest BCUT2D eigenvalue weighted by molar-refractivity contribution is 7.99. The molecule has 2 aromatic rings. The summed E-state index contributed by atoms with van der Waals surface area (Å²) in [6.45, 7) is -0.178. The largest absolute Gasteiger partial charge is 0.497 e. The number of carbonyl (C=O) groups excluding carboxylic acids is 2. The van der Waals surface area contributed by atoms with Crippen LogP contribution < -0.4 is 20.1 Å². The molecule has 2 amide bonds. The molecule has 0 spiro atoms. The van der Waals surface area contributed by atoms with Crippen molar-refractivity contribution in [3.8, 4) is 11.5 Å². The average molecular weight is 449 g/mol.